The van der Waals surface area contributed by atoms with E-state index in [0.717, 1.165) is 22.2 Å². The van der Waals surface area contributed by atoms with Gasteiger partial charge in [-0.2, -0.15) is 0 Å². The highest BCUT2D eigenvalue weighted by atomic mass is 35.5. The van der Waals surface area contributed by atoms with Crippen molar-refractivity contribution in [1.82, 2.24) is 4.90 Å². The second-order valence-electron chi connectivity index (χ2n) is 7.53. The smallest absolute Gasteiger partial charge is 0.345 e. The number of ether oxygens (including phenoxy) is 2. The molecule has 1 heterocycles. The maximum absolute atomic E-state index is 12.9. The van der Waals surface area contributed by atoms with Gasteiger partial charge in [0, 0.05) is 5.02 Å². The quantitative estimate of drug-likeness (QED) is 0.169. The van der Waals surface area contributed by atoms with E-state index < -0.39 is 17.1 Å². The number of benzene rings is 3. The lowest BCUT2D eigenvalue weighted by Crippen LogP contribution is -2.27. The maximum atomic E-state index is 12.9. The number of hydrogen-bond donors (Lipinski definition) is 0. The van der Waals surface area contributed by atoms with Crippen molar-refractivity contribution in [2.75, 3.05) is 6.61 Å². The first-order valence-electron chi connectivity index (χ1n) is 10.7. The highest BCUT2D eigenvalue weighted by Gasteiger charge is 2.35. The molecule has 0 atom stereocenters. The van der Waals surface area contributed by atoms with Crippen LogP contribution in [0.4, 0.5) is 4.79 Å². The van der Waals surface area contributed by atoms with E-state index in [9.17, 15) is 14.4 Å². The molecule has 3 aromatic rings. The summed E-state index contributed by atoms with van der Waals surface area (Å²) in [6.07, 6.45) is 1.54. The van der Waals surface area contributed by atoms with Crippen LogP contribution in [-0.4, -0.2) is 28.6 Å². The molecule has 10 heteroatoms. The number of imide groups is 1. The molecule has 0 aromatic heterocycles. The third-order valence-electron chi connectivity index (χ3n) is 5.02. The number of hydrogen-bond acceptors (Lipinski definition) is 6. The first kappa shape index (κ1) is 26.1. The number of esters is 1. The van der Waals surface area contributed by atoms with Gasteiger partial charge in [0.1, 0.15) is 0 Å². The minimum atomic E-state index is -0.696. The van der Waals surface area contributed by atoms with E-state index in [-0.39, 0.29) is 45.2 Å². The molecular weight excluding hydrogens is 545 g/mol. The predicted octanol–water partition coefficient (Wildman–Crippen LogP) is 7.50. The van der Waals surface area contributed by atoms with Gasteiger partial charge in [0.25, 0.3) is 11.1 Å². The van der Waals surface area contributed by atoms with Gasteiger partial charge in [-0.25, -0.2) is 4.79 Å². The fraction of sp³-hybridized carbons (Fsp3) is 0.115. The Hall–Kier alpha value is -2.97. The number of carbonyl (C=O) groups excluding carboxylic acids is 3. The van der Waals surface area contributed by atoms with Crippen LogP contribution in [-0.2, 0) is 11.3 Å². The molecule has 0 N–H and O–H groups in total. The molecule has 1 saturated heterocycles. The van der Waals surface area contributed by atoms with Crippen molar-refractivity contribution in [2.24, 2.45) is 0 Å². The second-order valence-corrected chi connectivity index (χ2v) is 9.77. The molecule has 0 unspecified atom stereocenters. The van der Waals surface area contributed by atoms with Gasteiger partial charge < -0.3 is 9.47 Å². The molecule has 0 spiro atoms. The highest BCUT2D eigenvalue weighted by Crippen LogP contribution is 2.40. The van der Waals surface area contributed by atoms with Crippen LogP contribution < -0.4 is 9.47 Å². The van der Waals surface area contributed by atoms with Crippen LogP contribution in [0, 0.1) is 0 Å². The second kappa shape index (κ2) is 11.4. The Balaban J connectivity index is 1.60. The Bertz CT molecular complexity index is 1390. The van der Waals surface area contributed by atoms with Gasteiger partial charge >= 0.3 is 5.97 Å². The van der Waals surface area contributed by atoms with Gasteiger partial charge in [-0.15, -0.1) is 0 Å². The largest absolute Gasteiger partial charge is 0.490 e. The van der Waals surface area contributed by atoms with Crippen LogP contribution in [0.3, 0.4) is 0 Å². The van der Waals surface area contributed by atoms with Crippen molar-refractivity contribution in [3.63, 3.8) is 0 Å². The highest BCUT2D eigenvalue weighted by molar-refractivity contribution is 8.18. The Labute approximate surface area is 226 Å². The standard InChI is InChI=1S/C26H18Cl3NO5S/c1-2-34-21-12-16(11-20(29)23(21)35-25(32)18-8-3-4-9-19(18)28)13-22-24(31)30(26(33)36-22)14-15-6-5-7-17(27)10-15/h3-13H,2,14H2,1H3/b22-13-. The van der Waals surface area contributed by atoms with Gasteiger partial charge in [0.15, 0.2) is 11.5 Å². The molecule has 0 aliphatic carbocycles. The molecule has 3 aromatic carbocycles. The lowest BCUT2D eigenvalue weighted by atomic mass is 10.1. The average Bonchev–Trinajstić information content (AvgIpc) is 3.09. The van der Waals surface area contributed by atoms with Gasteiger partial charge in [0.05, 0.1) is 33.7 Å². The van der Waals surface area contributed by atoms with Gasteiger partial charge in [-0.05, 0) is 72.3 Å². The molecule has 6 nitrogen and oxygen atoms in total. The van der Waals surface area contributed by atoms with Gasteiger partial charge in [-0.3, -0.25) is 14.5 Å². The summed E-state index contributed by atoms with van der Waals surface area (Å²) in [7, 11) is 0. The number of amides is 2. The summed E-state index contributed by atoms with van der Waals surface area (Å²) in [6, 6.07) is 16.5. The fourth-order valence-electron chi connectivity index (χ4n) is 3.41. The number of carbonyl (C=O) groups is 3. The van der Waals surface area contributed by atoms with Crippen LogP contribution >= 0.6 is 46.6 Å². The number of halogens is 3. The summed E-state index contributed by atoms with van der Waals surface area (Å²) in [5.41, 5.74) is 1.40. The minimum absolute atomic E-state index is 0.0228. The summed E-state index contributed by atoms with van der Waals surface area (Å²) >= 11 is 19.4. The van der Waals surface area contributed by atoms with E-state index in [1.165, 1.54) is 18.2 Å². The van der Waals surface area contributed by atoms with Crippen LogP contribution in [0.5, 0.6) is 11.5 Å². The molecule has 184 valence electrons. The topological polar surface area (TPSA) is 72.9 Å². The van der Waals surface area contributed by atoms with E-state index in [1.54, 1.807) is 55.5 Å². The average molecular weight is 563 g/mol. The van der Waals surface area contributed by atoms with E-state index in [4.69, 9.17) is 44.3 Å². The summed E-state index contributed by atoms with van der Waals surface area (Å²) in [6.45, 7) is 2.14. The Morgan fingerprint density at radius 1 is 1.00 bits per heavy atom. The van der Waals surface area contributed by atoms with Crippen molar-refractivity contribution in [1.29, 1.82) is 0 Å². The lowest BCUT2D eigenvalue weighted by molar-refractivity contribution is -0.123. The van der Waals surface area contributed by atoms with E-state index in [2.05, 4.69) is 0 Å². The van der Waals surface area contributed by atoms with Gasteiger partial charge in [0.2, 0.25) is 0 Å². The van der Waals surface area contributed by atoms with Crippen molar-refractivity contribution < 1.29 is 23.9 Å². The van der Waals surface area contributed by atoms with Crippen LogP contribution in [0.2, 0.25) is 15.1 Å². The third-order valence-corrected chi connectivity index (χ3v) is 6.77. The lowest BCUT2D eigenvalue weighted by Gasteiger charge is -2.14. The molecule has 1 aliphatic rings. The van der Waals surface area contributed by atoms with Crippen molar-refractivity contribution in [3.05, 3.63) is 97.3 Å². The zero-order valence-electron chi connectivity index (χ0n) is 18.8. The molecule has 2 amide bonds. The minimum Gasteiger partial charge on any atom is -0.490 e. The Kier molecular flexibility index (Phi) is 8.26. The monoisotopic (exact) mass is 561 g/mol. The third kappa shape index (κ3) is 5.87. The summed E-state index contributed by atoms with van der Waals surface area (Å²) in [5, 5.41) is 0.448. The normalized spacial score (nSPS) is 14.4. The molecule has 0 radical (unpaired) electrons. The van der Waals surface area contributed by atoms with Crippen molar-refractivity contribution in [2.45, 2.75) is 13.5 Å². The SMILES string of the molecule is CCOc1cc(/C=C2\SC(=O)N(Cc3cccc(Cl)c3)C2=O)cc(Cl)c1OC(=O)c1ccccc1Cl. The van der Waals surface area contributed by atoms with Crippen LogP contribution in [0.1, 0.15) is 28.4 Å². The summed E-state index contributed by atoms with van der Waals surface area (Å²) < 4.78 is 11.1. The van der Waals surface area contributed by atoms with Crippen molar-refractivity contribution >= 4 is 69.8 Å². The Morgan fingerprint density at radius 2 is 1.78 bits per heavy atom. The summed E-state index contributed by atoms with van der Waals surface area (Å²) in [4.78, 5) is 39.5. The molecule has 0 bridgehead atoms. The summed E-state index contributed by atoms with van der Waals surface area (Å²) in [5.74, 6) is -0.906. The first-order chi connectivity index (χ1) is 17.3. The number of nitrogens with zero attached hydrogens (tertiary/aromatic N) is 1. The van der Waals surface area contributed by atoms with Gasteiger partial charge in [-0.1, -0.05) is 59.1 Å². The van der Waals surface area contributed by atoms with Crippen LogP contribution in [0.15, 0.2) is 65.6 Å². The number of thioether (sulfide) groups is 1. The van der Waals surface area contributed by atoms with Crippen LogP contribution in [0.25, 0.3) is 6.08 Å². The molecule has 36 heavy (non-hydrogen) atoms. The van der Waals surface area contributed by atoms with E-state index in [1.807, 2.05) is 0 Å². The number of rotatable bonds is 7. The van der Waals surface area contributed by atoms with E-state index >= 15 is 0 Å². The molecule has 4 rings (SSSR count). The fourth-order valence-corrected chi connectivity index (χ4v) is 4.94. The first-order valence-corrected chi connectivity index (χ1v) is 12.6. The molecule has 1 aliphatic heterocycles. The molecule has 0 saturated carbocycles. The zero-order valence-corrected chi connectivity index (χ0v) is 21.9. The molecule has 1 fully saturated rings. The zero-order chi connectivity index (χ0) is 25.8. The molecular formula is C26H18Cl3NO5S. The Morgan fingerprint density at radius 3 is 2.50 bits per heavy atom. The van der Waals surface area contributed by atoms with E-state index in [0.29, 0.717) is 10.6 Å². The maximum Gasteiger partial charge on any atom is 0.345 e. The van der Waals surface area contributed by atoms with Crippen molar-refractivity contribution in [3.8, 4) is 11.5 Å². The predicted molar refractivity (Wildman–Crippen MR) is 142 cm³/mol.